The van der Waals surface area contributed by atoms with E-state index in [2.05, 4.69) is 6.58 Å². The highest BCUT2D eigenvalue weighted by molar-refractivity contribution is 6.03. The molecule has 4 nitrogen and oxygen atoms in total. The van der Waals surface area contributed by atoms with Crippen molar-refractivity contribution in [1.82, 2.24) is 0 Å². The molecule has 0 saturated heterocycles. The summed E-state index contributed by atoms with van der Waals surface area (Å²) in [7, 11) is 0. The van der Waals surface area contributed by atoms with Crippen molar-refractivity contribution in [3.8, 4) is 0 Å². The van der Waals surface area contributed by atoms with E-state index in [0.717, 1.165) is 12.8 Å². The largest absolute Gasteiger partial charge is 0.463 e. The Labute approximate surface area is 114 Å². The van der Waals surface area contributed by atoms with Crippen LogP contribution in [0.15, 0.2) is 12.7 Å². The number of esters is 2. The van der Waals surface area contributed by atoms with Crippen LogP contribution in [-0.2, 0) is 19.1 Å². The Bertz CT molecular complexity index is 280. The summed E-state index contributed by atoms with van der Waals surface area (Å²) < 4.78 is 23.9. The highest BCUT2D eigenvalue weighted by Gasteiger charge is 2.48. The molecule has 0 aromatic carbocycles. The third-order valence-electron chi connectivity index (χ3n) is 2.53. The lowest BCUT2D eigenvalue weighted by atomic mass is 10.0. The lowest BCUT2D eigenvalue weighted by Crippen LogP contribution is -2.44. The van der Waals surface area contributed by atoms with Crippen LogP contribution in [0.2, 0.25) is 0 Å². The quantitative estimate of drug-likeness (QED) is 0.266. The molecule has 0 rings (SSSR count). The molecule has 0 aliphatic heterocycles. The summed E-state index contributed by atoms with van der Waals surface area (Å²) in [4.78, 5) is 23.3. The Morgan fingerprint density at radius 2 is 1.53 bits per heavy atom. The fourth-order valence-corrected chi connectivity index (χ4v) is 1.30. The van der Waals surface area contributed by atoms with Crippen molar-refractivity contribution in [3.63, 3.8) is 0 Å². The van der Waals surface area contributed by atoms with Crippen molar-refractivity contribution in [2.24, 2.45) is 0 Å². The normalized spacial score (nSPS) is 10.9. The summed E-state index contributed by atoms with van der Waals surface area (Å²) in [6.45, 7) is 7.37. The van der Waals surface area contributed by atoms with Crippen molar-refractivity contribution >= 4 is 11.9 Å². The summed E-state index contributed by atoms with van der Waals surface area (Å²) in [5.41, 5.74) is -2.77. The summed E-state index contributed by atoms with van der Waals surface area (Å²) >= 11 is 0. The molecule has 0 aromatic rings. The molecule has 0 aromatic heterocycles. The van der Waals surface area contributed by atoms with Gasteiger partial charge in [-0.05, 0) is 12.8 Å². The van der Waals surface area contributed by atoms with E-state index in [1.165, 1.54) is 6.08 Å². The molecule has 0 spiro atoms. The van der Waals surface area contributed by atoms with Crippen LogP contribution in [0, 0.1) is 0 Å². The molecular formula is C14H23FO4. The third kappa shape index (κ3) is 5.85. The van der Waals surface area contributed by atoms with Gasteiger partial charge in [-0.15, -0.1) is 6.58 Å². The second-order valence-electron chi connectivity index (χ2n) is 4.27. The minimum absolute atomic E-state index is 0.0976. The summed E-state index contributed by atoms with van der Waals surface area (Å²) in [5, 5.41) is 0. The van der Waals surface area contributed by atoms with Gasteiger partial charge in [0.25, 0.3) is 0 Å². The first-order chi connectivity index (χ1) is 9.02. The molecule has 0 heterocycles. The third-order valence-corrected chi connectivity index (χ3v) is 2.53. The molecule has 0 N–H and O–H groups in total. The Hall–Kier alpha value is -1.39. The molecule has 0 aliphatic rings. The van der Waals surface area contributed by atoms with Gasteiger partial charge in [-0.25, -0.2) is 14.0 Å². The van der Waals surface area contributed by atoms with E-state index in [9.17, 15) is 14.0 Å². The van der Waals surface area contributed by atoms with Gasteiger partial charge in [0.15, 0.2) is 0 Å². The standard InChI is InChI=1S/C14H23FO4/c1-4-7-10-18-12(16)14(15,9-6-3)13(17)19-11-8-5-2/h6H,3-5,7-11H2,1-2H3. The summed E-state index contributed by atoms with van der Waals surface area (Å²) in [6, 6.07) is 0. The number of halogens is 1. The lowest BCUT2D eigenvalue weighted by Gasteiger charge is -2.20. The van der Waals surface area contributed by atoms with Gasteiger partial charge in [-0.1, -0.05) is 32.8 Å². The molecule has 0 radical (unpaired) electrons. The zero-order valence-electron chi connectivity index (χ0n) is 11.7. The van der Waals surface area contributed by atoms with Crippen molar-refractivity contribution < 1.29 is 23.5 Å². The van der Waals surface area contributed by atoms with Gasteiger partial charge in [0.05, 0.1) is 13.2 Å². The van der Waals surface area contributed by atoms with Gasteiger partial charge in [0, 0.05) is 6.42 Å². The lowest BCUT2D eigenvalue weighted by molar-refractivity contribution is -0.174. The number of ether oxygens (including phenoxy) is 2. The van der Waals surface area contributed by atoms with E-state index in [0.29, 0.717) is 12.8 Å². The zero-order valence-corrected chi connectivity index (χ0v) is 11.7. The maximum Gasteiger partial charge on any atom is 0.356 e. The van der Waals surface area contributed by atoms with Gasteiger partial charge < -0.3 is 9.47 Å². The fourth-order valence-electron chi connectivity index (χ4n) is 1.30. The second-order valence-corrected chi connectivity index (χ2v) is 4.27. The molecular weight excluding hydrogens is 251 g/mol. The molecule has 110 valence electrons. The number of hydrogen-bond donors (Lipinski definition) is 0. The van der Waals surface area contributed by atoms with E-state index in [4.69, 9.17) is 9.47 Å². The first-order valence-electron chi connectivity index (χ1n) is 6.67. The Balaban J connectivity index is 4.57. The predicted octanol–water partition coefficient (Wildman–Crippen LogP) is 2.96. The maximum absolute atomic E-state index is 14.4. The van der Waals surface area contributed by atoms with Gasteiger partial charge in [0.2, 0.25) is 0 Å². The second kappa shape index (κ2) is 9.53. The van der Waals surface area contributed by atoms with Crippen molar-refractivity contribution in [3.05, 3.63) is 12.7 Å². The number of alkyl halides is 1. The monoisotopic (exact) mass is 274 g/mol. The first-order valence-corrected chi connectivity index (χ1v) is 6.67. The van der Waals surface area contributed by atoms with Crippen LogP contribution in [0.1, 0.15) is 46.0 Å². The average Bonchev–Trinajstić information content (AvgIpc) is 2.39. The average molecular weight is 274 g/mol. The van der Waals surface area contributed by atoms with Crippen LogP contribution < -0.4 is 0 Å². The Morgan fingerprint density at radius 3 is 1.84 bits per heavy atom. The minimum Gasteiger partial charge on any atom is -0.463 e. The number of unbranched alkanes of at least 4 members (excludes halogenated alkanes) is 2. The highest BCUT2D eigenvalue weighted by atomic mass is 19.1. The maximum atomic E-state index is 14.4. The molecule has 0 atom stereocenters. The summed E-state index contributed by atoms with van der Waals surface area (Å²) in [6.07, 6.45) is 3.61. The van der Waals surface area contributed by atoms with E-state index in [-0.39, 0.29) is 13.2 Å². The topological polar surface area (TPSA) is 52.6 Å². The predicted molar refractivity (Wildman–Crippen MR) is 70.4 cm³/mol. The first kappa shape index (κ1) is 17.6. The molecule has 19 heavy (non-hydrogen) atoms. The van der Waals surface area contributed by atoms with Crippen LogP contribution in [0.5, 0.6) is 0 Å². The van der Waals surface area contributed by atoms with Crippen LogP contribution in [0.25, 0.3) is 0 Å². The number of rotatable bonds is 10. The SMILES string of the molecule is C=CCC(F)(C(=O)OCCCC)C(=O)OCCCC. The van der Waals surface area contributed by atoms with Crippen LogP contribution >= 0.6 is 0 Å². The van der Waals surface area contributed by atoms with Crippen molar-refractivity contribution in [2.45, 2.75) is 51.6 Å². The van der Waals surface area contributed by atoms with E-state index in [1.54, 1.807) is 0 Å². The van der Waals surface area contributed by atoms with Gasteiger partial charge in [0.1, 0.15) is 0 Å². The minimum atomic E-state index is -2.77. The molecule has 0 bridgehead atoms. The van der Waals surface area contributed by atoms with Crippen LogP contribution in [0.3, 0.4) is 0 Å². The van der Waals surface area contributed by atoms with E-state index in [1.807, 2.05) is 13.8 Å². The van der Waals surface area contributed by atoms with E-state index < -0.39 is 24.0 Å². The highest BCUT2D eigenvalue weighted by Crippen LogP contribution is 2.21. The molecule has 5 heteroatoms. The smallest absolute Gasteiger partial charge is 0.356 e. The van der Waals surface area contributed by atoms with Gasteiger partial charge >= 0.3 is 17.6 Å². The van der Waals surface area contributed by atoms with Crippen LogP contribution in [-0.4, -0.2) is 30.8 Å². The number of allylic oxidation sites excluding steroid dienone is 1. The zero-order chi connectivity index (χ0) is 14.7. The molecule has 0 saturated carbocycles. The van der Waals surface area contributed by atoms with Gasteiger partial charge in [-0.2, -0.15) is 0 Å². The summed E-state index contributed by atoms with van der Waals surface area (Å²) in [5.74, 6) is -2.38. The fraction of sp³-hybridized carbons (Fsp3) is 0.714. The Kier molecular flexibility index (Phi) is 8.83. The molecule has 0 amide bonds. The molecule has 0 unspecified atom stereocenters. The number of carbonyl (C=O) groups is 2. The van der Waals surface area contributed by atoms with Crippen LogP contribution in [0.4, 0.5) is 4.39 Å². The number of hydrogen-bond acceptors (Lipinski definition) is 4. The van der Waals surface area contributed by atoms with Crippen molar-refractivity contribution in [1.29, 1.82) is 0 Å². The van der Waals surface area contributed by atoms with Gasteiger partial charge in [-0.3, -0.25) is 0 Å². The molecule has 0 aliphatic carbocycles. The Morgan fingerprint density at radius 1 is 1.11 bits per heavy atom. The van der Waals surface area contributed by atoms with E-state index >= 15 is 0 Å². The molecule has 0 fully saturated rings. The van der Waals surface area contributed by atoms with Crippen molar-refractivity contribution in [2.75, 3.05) is 13.2 Å². The number of carbonyl (C=O) groups excluding carboxylic acids is 2.